The maximum atomic E-state index is 5.48. The molecule has 10 heavy (non-hydrogen) atoms. The van der Waals surface area contributed by atoms with Crippen molar-refractivity contribution in [2.75, 3.05) is 0 Å². The van der Waals surface area contributed by atoms with Gasteiger partial charge in [0.15, 0.2) is 0 Å². The molecule has 0 atom stereocenters. The molecule has 1 rings (SSSR count). The Morgan fingerprint density at radius 3 is 2.40 bits per heavy atom. The molecule has 0 saturated carbocycles. The summed E-state index contributed by atoms with van der Waals surface area (Å²) >= 11 is 5.48. The monoisotopic (exact) mass is 152 g/mol. The fourth-order valence-corrected chi connectivity index (χ4v) is 0.940. The first-order valence-electron chi connectivity index (χ1n) is 3.16. The molecule has 1 aliphatic carbocycles. The third kappa shape index (κ3) is 1.61. The molecular weight excluding hydrogens is 144 g/mol. The van der Waals surface area contributed by atoms with Crippen molar-refractivity contribution in [2.45, 2.75) is 0 Å². The highest BCUT2D eigenvalue weighted by atomic mass is 35.5. The third-order valence-corrected chi connectivity index (χ3v) is 1.67. The number of hydrogen-bond donors (Lipinski definition) is 0. The van der Waals surface area contributed by atoms with Crippen LogP contribution in [0.3, 0.4) is 0 Å². The number of hydrogen-bond acceptors (Lipinski definition) is 0. The molecule has 0 aromatic rings. The Hall–Kier alpha value is -0.750. The van der Waals surface area contributed by atoms with Gasteiger partial charge in [0.1, 0.15) is 0 Å². The molecule has 0 radical (unpaired) electrons. The van der Waals surface area contributed by atoms with Gasteiger partial charge >= 0.3 is 0 Å². The second kappa shape index (κ2) is 3.43. The molecule has 0 fully saturated rings. The topological polar surface area (TPSA) is 0 Å². The van der Waals surface area contributed by atoms with Crippen LogP contribution in [0.25, 0.3) is 0 Å². The third-order valence-electron chi connectivity index (χ3n) is 1.42. The summed E-state index contributed by atoms with van der Waals surface area (Å²) in [5.74, 6) is 0.375. The maximum absolute atomic E-state index is 5.48. The molecule has 52 valence electrons. The molecule has 0 N–H and O–H groups in total. The fourth-order valence-electron chi connectivity index (χ4n) is 0.794. The molecule has 1 heteroatoms. The van der Waals surface area contributed by atoms with Crippen molar-refractivity contribution in [3.63, 3.8) is 0 Å². The normalized spacial score (nSPS) is 22.9. The Morgan fingerprint density at radius 1 is 1.40 bits per heavy atom. The molecule has 0 aromatic carbocycles. The minimum atomic E-state index is 0.375. The van der Waals surface area contributed by atoms with E-state index in [9.17, 15) is 0 Å². The van der Waals surface area contributed by atoms with Crippen molar-refractivity contribution in [1.82, 2.24) is 0 Å². The van der Waals surface area contributed by atoms with E-state index in [-0.39, 0.29) is 0 Å². The van der Waals surface area contributed by atoms with E-state index in [4.69, 9.17) is 11.6 Å². The smallest absolute Gasteiger partial charge is 0.0131 e. The minimum Gasteiger partial charge on any atom is -0.102 e. The van der Waals surface area contributed by atoms with Crippen LogP contribution < -0.4 is 0 Å². The number of halogens is 1. The molecule has 0 unspecified atom stereocenters. The zero-order valence-electron chi connectivity index (χ0n) is 5.63. The van der Waals surface area contributed by atoms with Gasteiger partial charge < -0.3 is 0 Å². The lowest BCUT2D eigenvalue weighted by Crippen LogP contribution is -1.89. The van der Waals surface area contributed by atoms with Gasteiger partial charge in [-0.1, -0.05) is 42.0 Å². The lowest BCUT2D eigenvalue weighted by atomic mass is 10.0. The van der Waals surface area contributed by atoms with Crippen molar-refractivity contribution in [2.24, 2.45) is 5.92 Å². The van der Waals surface area contributed by atoms with Gasteiger partial charge in [-0.25, -0.2) is 0 Å². The quantitative estimate of drug-likeness (QED) is 0.507. The summed E-state index contributed by atoms with van der Waals surface area (Å²) in [6, 6.07) is 0. The summed E-state index contributed by atoms with van der Waals surface area (Å²) < 4.78 is 0. The summed E-state index contributed by atoms with van der Waals surface area (Å²) in [6.45, 7) is 3.68. The first kappa shape index (κ1) is 7.36. The Kier molecular flexibility index (Phi) is 2.52. The summed E-state index contributed by atoms with van der Waals surface area (Å²) in [5, 5.41) is 0. The molecular formula is C9H9Cl. The van der Waals surface area contributed by atoms with Crippen LogP contribution in [0.2, 0.25) is 0 Å². The molecule has 0 bridgehead atoms. The highest BCUT2D eigenvalue weighted by Gasteiger charge is 1.97. The first-order chi connectivity index (χ1) is 4.86. The van der Waals surface area contributed by atoms with Gasteiger partial charge in [0.05, 0.1) is 0 Å². The lowest BCUT2D eigenvalue weighted by molar-refractivity contribution is 1.06. The SMILES string of the molecule is C=CC1C=CC(=CCl)C=C1. The van der Waals surface area contributed by atoms with E-state index >= 15 is 0 Å². The van der Waals surface area contributed by atoms with Crippen LogP contribution >= 0.6 is 11.6 Å². The molecule has 0 amide bonds. The summed E-state index contributed by atoms with van der Waals surface area (Å²) in [4.78, 5) is 0. The Balaban J connectivity index is 2.70. The average Bonchev–Trinajstić information content (AvgIpc) is 2.05. The van der Waals surface area contributed by atoms with E-state index in [1.807, 2.05) is 18.2 Å². The van der Waals surface area contributed by atoms with Crippen LogP contribution in [-0.2, 0) is 0 Å². The van der Waals surface area contributed by atoms with E-state index in [0.29, 0.717) is 5.92 Å². The van der Waals surface area contributed by atoms with E-state index in [1.54, 1.807) is 5.54 Å². The van der Waals surface area contributed by atoms with Gasteiger partial charge in [0.25, 0.3) is 0 Å². The van der Waals surface area contributed by atoms with Crippen LogP contribution in [0, 0.1) is 5.92 Å². The summed E-state index contributed by atoms with van der Waals surface area (Å²) in [5.41, 5.74) is 2.60. The Bertz CT molecular complexity index is 193. The van der Waals surface area contributed by atoms with Crippen molar-refractivity contribution in [3.05, 3.63) is 48.1 Å². The maximum Gasteiger partial charge on any atom is 0.0131 e. The lowest BCUT2D eigenvalue weighted by Gasteiger charge is -2.04. The highest BCUT2D eigenvalue weighted by molar-refractivity contribution is 6.26. The highest BCUT2D eigenvalue weighted by Crippen LogP contribution is 2.14. The van der Waals surface area contributed by atoms with Crippen LogP contribution in [0.1, 0.15) is 0 Å². The summed E-state index contributed by atoms with van der Waals surface area (Å²) in [6.07, 6.45) is 9.97. The van der Waals surface area contributed by atoms with E-state index in [1.165, 1.54) is 0 Å². The van der Waals surface area contributed by atoms with Crippen LogP contribution in [0.5, 0.6) is 0 Å². The standard InChI is InChI=1S/C9H9Cl/c1-2-8-3-5-9(7-10)6-4-8/h2-8H,1H2. The number of rotatable bonds is 1. The molecule has 0 spiro atoms. The minimum absolute atomic E-state index is 0.375. The van der Waals surface area contributed by atoms with Crippen molar-refractivity contribution in [1.29, 1.82) is 0 Å². The Morgan fingerprint density at radius 2 is 2.00 bits per heavy atom. The number of allylic oxidation sites excluding steroid dienone is 6. The molecule has 0 nitrogen and oxygen atoms in total. The fraction of sp³-hybridized carbons (Fsp3) is 0.111. The molecule has 0 aliphatic heterocycles. The molecule has 0 saturated heterocycles. The molecule has 0 aromatic heterocycles. The van der Waals surface area contributed by atoms with Crippen molar-refractivity contribution < 1.29 is 0 Å². The molecule has 1 aliphatic rings. The second-order valence-electron chi connectivity index (χ2n) is 2.14. The zero-order valence-corrected chi connectivity index (χ0v) is 6.38. The van der Waals surface area contributed by atoms with Crippen LogP contribution in [0.4, 0.5) is 0 Å². The van der Waals surface area contributed by atoms with Crippen LogP contribution in [-0.4, -0.2) is 0 Å². The van der Waals surface area contributed by atoms with E-state index < -0.39 is 0 Å². The predicted molar refractivity (Wildman–Crippen MR) is 45.9 cm³/mol. The predicted octanol–water partition coefficient (Wildman–Crippen LogP) is 3.04. The zero-order chi connectivity index (χ0) is 7.40. The van der Waals surface area contributed by atoms with Crippen LogP contribution in [0.15, 0.2) is 48.1 Å². The van der Waals surface area contributed by atoms with Gasteiger partial charge in [0, 0.05) is 11.5 Å². The largest absolute Gasteiger partial charge is 0.102 e. The first-order valence-corrected chi connectivity index (χ1v) is 3.60. The second-order valence-corrected chi connectivity index (χ2v) is 2.36. The van der Waals surface area contributed by atoms with Gasteiger partial charge in [-0.3, -0.25) is 0 Å². The van der Waals surface area contributed by atoms with Gasteiger partial charge in [-0.15, -0.1) is 6.58 Å². The molecule has 0 heterocycles. The average molecular weight is 153 g/mol. The van der Waals surface area contributed by atoms with Crippen molar-refractivity contribution in [3.8, 4) is 0 Å². The Labute approximate surface area is 66.2 Å². The van der Waals surface area contributed by atoms with Gasteiger partial charge in [-0.2, -0.15) is 0 Å². The van der Waals surface area contributed by atoms with E-state index in [2.05, 4.69) is 18.7 Å². The summed E-state index contributed by atoms with van der Waals surface area (Å²) in [7, 11) is 0. The van der Waals surface area contributed by atoms with Gasteiger partial charge in [-0.05, 0) is 5.57 Å². The van der Waals surface area contributed by atoms with Crippen molar-refractivity contribution >= 4 is 11.6 Å². The van der Waals surface area contributed by atoms with Gasteiger partial charge in [0.2, 0.25) is 0 Å². The van der Waals surface area contributed by atoms with E-state index in [0.717, 1.165) is 5.57 Å².